The maximum absolute atomic E-state index is 4.67. The molecule has 4 nitrogen and oxygen atoms in total. The molecule has 0 saturated heterocycles. The Morgan fingerprint density at radius 1 is 1.30 bits per heavy atom. The molecule has 6 heteroatoms. The molecule has 0 atom stereocenters. The molecule has 1 heterocycles. The Kier molecular flexibility index (Phi) is 7.29. The van der Waals surface area contributed by atoms with E-state index in [1.165, 1.54) is 9.71 Å². The van der Waals surface area contributed by atoms with Gasteiger partial charge in [-0.1, -0.05) is 24.3 Å². The van der Waals surface area contributed by atoms with Crippen LogP contribution in [0.25, 0.3) is 10.2 Å². The van der Waals surface area contributed by atoms with Gasteiger partial charge in [0.15, 0.2) is 5.96 Å². The van der Waals surface area contributed by atoms with E-state index < -0.39 is 0 Å². The molecule has 23 heavy (non-hydrogen) atoms. The summed E-state index contributed by atoms with van der Waals surface area (Å²) in [6, 6.07) is 8.82. The molecule has 0 spiro atoms. The number of guanidine groups is 1. The minimum atomic E-state index is 0. The van der Waals surface area contributed by atoms with E-state index in [9.17, 15) is 0 Å². The van der Waals surface area contributed by atoms with Gasteiger partial charge in [0, 0.05) is 26.1 Å². The highest BCUT2D eigenvalue weighted by Crippen LogP contribution is 2.22. The maximum atomic E-state index is 4.67. The number of nitrogens with zero attached hydrogens (tertiary/aromatic N) is 2. The first-order valence-electron chi connectivity index (χ1n) is 7.82. The number of aryl methyl sites for hydroxylation is 1. The molecule has 0 bridgehead atoms. The van der Waals surface area contributed by atoms with Crippen molar-refractivity contribution in [1.82, 2.24) is 15.6 Å². The van der Waals surface area contributed by atoms with Crippen molar-refractivity contribution in [3.63, 3.8) is 0 Å². The molecule has 0 radical (unpaired) electrons. The summed E-state index contributed by atoms with van der Waals surface area (Å²) in [5.74, 6) is 0.901. The van der Waals surface area contributed by atoms with Crippen molar-refractivity contribution < 1.29 is 0 Å². The molecule has 0 unspecified atom stereocenters. The van der Waals surface area contributed by atoms with Gasteiger partial charge < -0.3 is 10.6 Å². The fourth-order valence-corrected chi connectivity index (χ4v) is 3.61. The molecule has 1 aromatic carbocycles. The molecule has 1 aliphatic rings. The van der Waals surface area contributed by atoms with Crippen LogP contribution >= 0.6 is 35.3 Å². The van der Waals surface area contributed by atoms with E-state index in [1.54, 1.807) is 11.3 Å². The Hall–Kier alpha value is -1.15. The van der Waals surface area contributed by atoms with Crippen molar-refractivity contribution in [2.75, 3.05) is 13.6 Å². The van der Waals surface area contributed by atoms with Gasteiger partial charge in [0.05, 0.1) is 15.2 Å². The Balaban J connectivity index is 0.00000192. The van der Waals surface area contributed by atoms with E-state index in [2.05, 4.69) is 51.0 Å². The lowest BCUT2D eigenvalue weighted by atomic mass is 10.2. The normalized spacial score (nSPS) is 14.9. The van der Waals surface area contributed by atoms with Crippen LogP contribution in [0.3, 0.4) is 0 Å². The van der Waals surface area contributed by atoms with Gasteiger partial charge in [-0.15, -0.1) is 35.3 Å². The van der Waals surface area contributed by atoms with Crippen molar-refractivity contribution in [1.29, 1.82) is 0 Å². The van der Waals surface area contributed by atoms with Crippen LogP contribution in [0.15, 0.2) is 41.4 Å². The first-order valence-corrected chi connectivity index (χ1v) is 8.63. The molecular formula is C17H23IN4S. The number of halogens is 1. The van der Waals surface area contributed by atoms with Gasteiger partial charge in [-0.25, -0.2) is 4.98 Å². The predicted octanol–water partition coefficient (Wildman–Crippen LogP) is 3.73. The molecule has 0 aliphatic heterocycles. The quantitative estimate of drug-likeness (QED) is 0.244. The van der Waals surface area contributed by atoms with E-state index in [1.807, 2.05) is 13.1 Å². The number of aromatic nitrogens is 1. The summed E-state index contributed by atoms with van der Waals surface area (Å²) in [5.41, 5.74) is 1.11. The first kappa shape index (κ1) is 18.2. The Bertz CT molecular complexity index is 639. The van der Waals surface area contributed by atoms with Crippen molar-refractivity contribution in [3.05, 3.63) is 41.4 Å². The summed E-state index contributed by atoms with van der Waals surface area (Å²) in [4.78, 5) is 8.95. The Morgan fingerprint density at radius 2 is 2.09 bits per heavy atom. The number of benzene rings is 1. The standard InChI is InChI=1S/C17H22N4S.HI/c1-18-17(20-13-7-2-3-8-13)19-12-6-11-16-21-14-9-4-5-10-15(14)22-16;/h2-5,9-10,13H,6-8,11-12H2,1H3,(H2,18,19,20);1H. The van der Waals surface area contributed by atoms with Crippen molar-refractivity contribution in [2.24, 2.45) is 4.99 Å². The highest BCUT2D eigenvalue weighted by Gasteiger charge is 2.11. The second-order valence-corrected chi connectivity index (χ2v) is 6.58. The smallest absolute Gasteiger partial charge is 0.191 e. The van der Waals surface area contributed by atoms with Crippen LogP contribution in [0.1, 0.15) is 24.3 Å². The van der Waals surface area contributed by atoms with Gasteiger partial charge in [-0.3, -0.25) is 4.99 Å². The lowest BCUT2D eigenvalue weighted by molar-refractivity contribution is 0.628. The fourth-order valence-electron chi connectivity index (χ4n) is 2.60. The van der Waals surface area contributed by atoms with Gasteiger partial charge in [-0.2, -0.15) is 0 Å². The third-order valence-electron chi connectivity index (χ3n) is 3.77. The minimum absolute atomic E-state index is 0. The average Bonchev–Trinajstić information content (AvgIpc) is 3.19. The summed E-state index contributed by atoms with van der Waals surface area (Å²) in [7, 11) is 1.82. The van der Waals surface area contributed by atoms with E-state index in [-0.39, 0.29) is 24.0 Å². The zero-order valence-corrected chi connectivity index (χ0v) is 16.4. The summed E-state index contributed by atoms with van der Waals surface area (Å²) in [6.07, 6.45) is 8.69. The van der Waals surface area contributed by atoms with Gasteiger partial charge in [0.25, 0.3) is 0 Å². The highest BCUT2D eigenvalue weighted by atomic mass is 127. The number of hydrogen-bond acceptors (Lipinski definition) is 3. The summed E-state index contributed by atoms with van der Waals surface area (Å²) < 4.78 is 1.27. The van der Waals surface area contributed by atoms with E-state index in [0.717, 1.165) is 43.7 Å². The lowest BCUT2D eigenvalue weighted by Crippen LogP contribution is -2.42. The molecule has 0 fully saturated rings. The zero-order valence-electron chi connectivity index (χ0n) is 13.3. The third kappa shape index (κ3) is 5.17. The van der Waals surface area contributed by atoms with E-state index in [0.29, 0.717) is 6.04 Å². The summed E-state index contributed by atoms with van der Waals surface area (Å²) in [5, 5.41) is 8.05. The summed E-state index contributed by atoms with van der Waals surface area (Å²) >= 11 is 1.80. The monoisotopic (exact) mass is 442 g/mol. The largest absolute Gasteiger partial charge is 0.356 e. The number of rotatable bonds is 5. The van der Waals surface area contributed by atoms with Gasteiger partial charge in [0.1, 0.15) is 0 Å². The van der Waals surface area contributed by atoms with Crippen molar-refractivity contribution >= 4 is 51.5 Å². The number of para-hydroxylation sites is 1. The lowest BCUT2D eigenvalue weighted by Gasteiger charge is -2.16. The molecule has 1 aromatic heterocycles. The third-order valence-corrected chi connectivity index (χ3v) is 4.87. The van der Waals surface area contributed by atoms with Crippen LogP contribution in [0.4, 0.5) is 0 Å². The van der Waals surface area contributed by atoms with Crippen molar-refractivity contribution in [2.45, 2.75) is 31.7 Å². The van der Waals surface area contributed by atoms with E-state index in [4.69, 9.17) is 0 Å². The molecule has 2 N–H and O–H groups in total. The van der Waals surface area contributed by atoms with E-state index >= 15 is 0 Å². The molecule has 0 saturated carbocycles. The van der Waals surface area contributed by atoms with Crippen LogP contribution in [-0.4, -0.2) is 30.6 Å². The van der Waals surface area contributed by atoms with Crippen LogP contribution < -0.4 is 10.6 Å². The SMILES string of the molecule is CN=C(NCCCc1nc2ccccc2s1)NC1CC=CC1.I. The van der Waals surface area contributed by atoms with Gasteiger partial charge in [0.2, 0.25) is 0 Å². The minimum Gasteiger partial charge on any atom is -0.356 e. The zero-order chi connectivity index (χ0) is 15.2. The van der Waals surface area contributed by atoms with Crippen molar-refractivity contribution in [3.8, 4) is 0 Å². The van der Waals surface area contributed by atoms with Gasteiger partial charge in [-0.05, 0) is 31.4 Å². The highest BCUT2D eigenvalue weighted by molar-refractivity contribution is 14.0. The molecule has 3 rings (SSSR count). The number of nitrogens with one attached hydrogen (secondary N) is 2. The van der Waals surface area contributed by atoms with Crippen LogP contribution in [0.5, 0.6) is 0 Å². The second kappa shape index (κ2) is 9.22. The number of fused-ring (bicyclic) bond motifs is 1. The number of aliphatic imine (C=N–C) groups is 1. The van der Waals surface area contributed by atoms with Crippen LogP contribution in [0, 0.1) is 0 Å². The average molecular weight is 442 g/mol. The van der Waals surface area contributed by atoms with Gasteiger partial charge >= 0.3 is 0 Å². The first-order chi connectivity index (χ1) is 10.8. The molecule has 0 amide bonds. The second-order valence-electron chi connectivity index (χ2n) is 5.46. The Morgan fingerprint density at radius 3 is 2.83 bits per heavy atom. The predicted molar refractivity (Wildman–Crippen MR) is 110 cm³/mol. The topological polar surface area (TPSA) is 49.3 Å². The molecule has 2 aromatic rings. The fraction of sp³-hybridized carbons (Fsp3) is 0.412. The molecule has 1 aliphatic carbocycles. The number of hydrogen-bond donors (Lipinski definition) is 2. The Labute approximate surface area is 158 Å². The molecule has 124 valence electrons. The number of thiazole rings is 1. The maximum Gasteiger partial charge on any atom is 0.191 e. The van der Waals surface area contributed by atoms with Crippen LogP contribution in [-0.2, 0) is 6.42 Å². The van der Waals surface area contributed by atoms with Crippen LogP contribution in [0.2, 0.25) is 0 Å². The summed E-state index contributed by atoms with van der Waals surface area (Å²) in [6.45, 7) is 0.912. The molecular weight excluding hydrogens is 419 g/mol.